The van der Waals surface area contributed by atoms with Gasteiger partial charge >= 0.3 is 0 Å². The number of likely N-dealkylation sites (N-methyl/N-ethyl adjacent to an activating group) is 1. The van der Waals surface area contributed by atoms with E-state index in [2.05, 4.69) is 30.9 Å². The first-order valence-electron chi connectivity index (χ1n) is 6.24. The van der Waals surface area contributed by atoms with Crippen molar-refractivity contribution in [3.05, 3.63) is 0 Å². The molecule has 0 amide bonds. The second-order valence-corrected chi connectivity index (χ2v) is 5.12. The van der Waals surface area contributed by atoms with Gasteiger partial charge in [0.1, 0.15) is 0 Å². The van der Waals surface area contributed by atoms with Crippen molar-refractivity contribution in [3.8, 4) is 0 Å². The minimum atomic E-state index is 0.185. The first kappa shape index (κ1) is 13.9. The number of ether oxygens (including phenoxy) is 1. The molecule has 1 saturated heterocycles. The fraction of sp³-hybridized carbons (Fsp3) is 1.00. The molecular weight excluding hydrogens is 202 g/mol. The molecule has 1 fully saturated rings. The molecule has 0 atom stereocenters. The molecule has 0 aromatic heterocycles. The van der Waals surface area contributed by atoms with Crippen LogP contribution in [-0.2, 0) is 4.74 Å². The summed E-state index contributed by atoms with van der Waals surface area (Å²) in [6.07, 6.45) is 3.34. The maximum atomic E-state index is 5.96. The molecule has 2 N–H and O–H groups in total. The van der Waals surface area contributed by atoms with E-state index in [0.29, 0.717) is 0 Å². The van der Waals surface area contributed by atoms with Crippen molar-refractivity contribution in [2.24, 2.45) is 5.73 Å². The highest BCUT2D eigenvalue weighted by Crippen LogP contribution is 2.25. The van der Waals surface area contributed by atoms with Gasteiger partial charge in [-0.15, -0.1) is 0 Å². The Hall–Kier alpha value is -0.160. The molecule has 0 bridgehead atoms. The molecule has 0 radical (unpaired) electrons. The molecule has 0 unspecified atom stereocenters. The molecule has 1 aliphatic rings. The van der Waals surface area contributed by atoms with Crippen molar-refractivity contribution < 1.29 is 4.74 Å². The van der Waals surface area contributed by atoms with E-state index in [1.54, 1.807) is 0 Å². The van der Waals surface area contributed by atoms with Crippen LogP contribution in [0.2, 0.25) is 0 Å². The van der Waals surface area contributed by atoms with Gasteiger partial charge in [-0.3, -0.25) is 4.90 Å². The number of hydrogen-bond donors (Lipinski definition) is 1. The van der Waals surface area contributed by atoms with Crippen LogP contribution >= 0.6 is 0 Å². The molecule has 1 aliphatic heterocycles. The largest absolute Gasteiger partial charge is 0.381 e. The van der Waals surface area contributed by atoms with E-state index in [9.17, 15) is 0 Å². The minimum Gasteiger partial charge on any atom is -0.381 e. The molecular formula is C12H27N3O. The van der Waals surface area contributed by atoms with Gasteiger partial charge in [-0.05, 0) is 53.5 Å². The molecule has 0 aromatic carbocycles. The third-order valence-electron chi connectivity index (χ3n) is 3.71. The molecule has 4 nitrogen and oxygen atoms in total. The van der Waals surface area contributed by atoms with Gasteiger partial charge in [0.05, 0.1) is 0 Å². The smallest absolute Gasteiger partial charge is 0.0484 e. The lowest BCUT2D eigenvalue weighted by Crippen LogP contribution is -2.55. The summed E-state index contributed by atoms with van der Waals surface area (Å²) in [4.78, 5) is 4.67. The average Bonchev–Trinajstić information content (AvgIpc) is 2.29. The highest BCUT2D eigenvalue weighted by atomic mass is 16.5. The normalized spacial score (nSPS) is 20.6. The first-order valence-corrected chi connectivity index (χ1v) is 6.24. The van der Waals surface area contributed by atoms with Gasteiger partial charge in [-0.25, -0.2) is 0 Å². The maximum Gasteiger partial charge on any atom is 0.0484 e. The van der Waals surface area contributed by atoms with E-state index in [-0.39, 0.29) is 5.54 Å². The van der Waals surface area contributed by atoms with E-state index in [0.717, 1.165) is 45.7 Å². The van der Waals surface area contributed by atoms with Crippen LogP contribution in [-0.4, -0.2) is 69.3 Å². The van der Waals surface area contributed by atoms with Crippen molar-refractivity contribution in [3.63, 3.8) is 0 Å². The number of hydrogen-bond acceptors (Lipinski definition) is 4. The summed E-state index contributed by atoms with van der Waals surface area (Å²) in [5, 5.41) is 0. The topological polar surface area (TPSA) is 41.7 Å². The van der Waals surface area contributed by atoms with Crippen molar-refractivity contribution in [1.29, 1.82) is 0 Å². The zero-order chi connectivity index (χ0) is 12.0. The Morgan fingerprint density at radius 3 is 2.25 bits per heavy atom. The fourth-order valence-electron chi connectivity index (χ4n) is 2.35. The van der Waals surface area contributed by atoms with Gasteiger partial charge in [0.15, 0.2) is 0 Å². The summed E-state index contributed by atoms with van der Waals surface area (Å²) >= 11 is 0. The molecule has 0 saturated carbocycles. The molecule has 0 spiro atoms. The van der Waals surface area contributed by atoms with Crippen LogP contribution in [0.15, 0.2) is 0 Å². The van der Waals surface area contributed by atoms with Crippen LogP contribution in [0.3, 0.4) is 0 Å². The van der Waals surface area contributed by atoms with Crippen molar-refractivity contribution >= 4 is 0 Å². The molecule has 0 aromatic rings. The van der Waals surface area contributed by atoms with E-state index >= 15 is 0 Å². The fourth-order valence-corrected chi connectivity index (χ4v) is 2.35. The Kier molecular flexibility index (Phi) is 5.69. The number of nitrogens with two attached hydrogens (primary N) is 1. The van der Waals surface area contributed by atoms with Gasteiger partial charge in [0, 0.05) is 25.3 Å². The monoisotopic (exact) mass is 229 g/mol. The van der Waals surface area contributed by atoms with Crippen molar-refractivity contribution in [2.75, 3.05) is 54.0 Å². The van der Waals surface area contributed by atoms with Crippen LogP contribution in [0.4, 0.5) is 0 Å². The second-order valence-electron chi connectivity index (χ2n) is 5.12. The summed E-state index contributed by atoms with van der Waals surface area (Å²) < 4.78 is 5.43. The molecule has 96 valence electrons. The molecule has 1 heterocycles. The van der Waals surface area contributed by atoms with Gasteiger partial charge < -0.3 is 15.4 Å². The SMILES string of the molecule is CN(C)CCCN(C)C1(CN)CCOCC1. The zero-order valence-electron chi connectivity index (χ0n) is 11.0. The summed E-state index contributed by atoms with van der Waals surface area (Å²) in [6, 6.07) is 0. The maximum absolute atomic E-state index is 5.96. The van der Waals surface area contributed by atoms with Crippen molar-refractivity contribution in [2.45, 2.75) is 24.8 Å². The standard InChI is InChI=1S/C12H27N3O/c1-14(2)7-4-8-15(3)12(11-13)5-9-16-10-6-12/h4-11,13H2,1-3H3. The van der Waals surface area contributed by atoms with Crippen LogP contribution in [0.5, 0.6) is 0 Å². The van der Waals surface area contributed by atoms with Gasteiger partial charge in [-0.1, -0.05) is 0 Å². The quantitative estimate of drug-likeness (QED) is 0.715. The molecule has 1 rings (SSSR count). The Balaban J connectivity index is 2.39. The Morgan fingerprint density at radius 2 is 1.75 bits per heavy atom. The van der Waals surface area contributed by atoms with Gasteiger partial charge in [0.25, 0.3) is 0 Å². The first-order chi connectivity index (χ1) is 7.60. The van der Waals surface area contributed by atoms with Crippen LogP contribution in [0.25, 0.3) is 0 Å². The highest BCUT2D eigenvalue weighted by Gasteiger charge is 2.34. The lowest BCUT2D eigenvalue weighted by atomic mass is 9.88. The second kappa shape index (κ2) is 6.55. The molecule has 4 heteroatoms. The highest BCUT2D eigenvalue weighted by molar-refractivity contribution is 4.92. The van der Waals surface area contributed by atoms with E-state index in [1.165, 1.54) is 6.42 Å². The van der Waals surface area contributed by atoms with E-state index in [4.69, 9.17) is 10.5 Å². The average molecular weight is 229 g/mol. The Labute approximate surface area is 99.7 Å². The number of rotatable bonds is 6. The Morgan fingerprint density at radius 1 is 1.12 bits per heavy atom. The van der Waals surface area contributed by atoms with Crippen LogP contribution in [0, 0.1) is 0 Å². The number of nitrogens with zero attached hydrogens (tertiary/aromatic N) is 2. The summed E-state index contributed by atoms with van der Waals surface area (Å²) in [5.74, 6) is 0. The third kappa shape index (κ3) is 3.70. The Bertz CT molecular complexity index is 191. The molecule has 0 aliphatic carbocycles. The minimum absolute atomic E-state index is 0.185. The van der Waals surface area contributed by atoms with Crippen LogP contribution in [0.1, 0.15) is 19.3 Å². The predicted molar refractivity (Wildman–Crippen MR) is 67.6 cm³/mol. The van der Waals surface area contributed by atoms with E-state index in [1.807, 2.05) is 0 Å². The zero-order valence-corrected chi connectivity index (χ0v) is 11.0. The molecule has 16 heavy (non-hydrogen) atoms. The lowest BCUT2D eigenvalue weighted by Gasteiger charge is -2.44. The summed E-state index contributed by atoms with van der Waals surface area (Å²) in [6.45, 7) is 4.72. The summed E-state index contributed by atoms with van der Waals surface area (Å²) in [5.41, 5.74) is 6.15. The third-order valence-corrected chi connectivity index (χ3v) is 3.71. The predicted octanol–water partition coefficient (Wildman–Crippen LogP) is 0.378. The van der Waals surface area contributed by atoms with E-state index < -0.39 is 0 Å². The summed E-state index contributed by atoms with van der Waals surface area (Å²) in [7, 11) is 6.44. The van der Waals surface area contributed by atoms with Gasteiger partial charge in [-0.2, -0.15) is 0 Å². The van der Waals surface area contributed by atoms with Gasteiger partial charge in [0.2, 0.25) is 0 Å². The lowest BCUT2D eigenvalue weighted by molar-refractivity contribution is -0.0137. The van der Waals surface area contributed by atoms with Crippen molar-refractivity contribution in [1.82, 2.24) is 9.80 Å². The van der Waals surface area contributed by atoms with Crippen LogP contribution < -0.4 is 5.73 Å².